The number of nitrogens with one attached hydrogen (secondary N) is 1. The standard InChI is InChI=1S/C26H27FN4O3/c1-3-4-5-6-13-34-19-11-12-20(22(27)14-19)23-15-21(18-9-7-17(2)8-10-18)25(26(33)29-23)31-24(32)16-28-30-31/h7-12,14-15H,3-6,13,16H2,1-2H3,(H,29,33). The van der Waals surface area contributed by atoms with Crippen molar-refractivity contribution in [1.82, 2.24) is 4.98 Å². The van der Waals surface area contributed by atoms with Crippen molar-refractivity contribution in [3.05, 3.63) is 70.3 Å². The molecule has 34 heavy (non-hydrogen) atoms. The summed E-state index contributed by atoms with van der Waals surface area (Å²) in [6, 6.07) is 13.8. The Balaban J connectivity index is 1.70. The van der Waals surface area contributed by atoms with Crippen LogP contribution in [0.1, 0.15) is 38.2 Å². The lowest BCUT2D eigenvalue weighted by molar-refractivity contribution is -0.116. The lowest BCUT2D eigenvalue weighted by Gasteiger charge is -2.16. The fourth-order valence-corrected chi connectivity index (χ4v) is 3.83. The molecule has 0 saturated carbocycles. The zero-order chi connectivity index (χ0) is 24.1. The van der Waals surface area contributed by atoms with Crippen molar-refractivity contribution < 1.29 is 13.9 Å². The first-order valence-electron chi connectivity index (χ1n) is 11.5. The summed E-state index contributed by atoms with van der Waals surface area (Å²) in [4.78, 5) is 28.1. The number of amides is 1. The third-order valence-corrected chi connectivity index (χ3v) is 5.67. The van der Waals surface area contributed by atoms with Gasteiger partial charge in [0.2, 0.25) is 0 Å². The summed E-state index contributed by atoms with van der Waals surface area (Å²) in [6.45, 7) is 4.50. The number of aryl methyl sites for hydroxylation is 1. The number of carbonyl (C=O) groups excluding carboxylic acids is 1. The van der Waals surface area contributed by atoms with Gasteiger partial charge < -0.3 is 9.72 Å². The number of benzene rings is 2. The molecule has 0 spiro atoms. The first-order chi connectivity index (χ1) is 16.5. The van der Waals surface area contributed by atoms with E-state index in [1.807, 2.05) is 31.2 Å². The first-order valence-corrected chi connectivity index (χ1v) is 11.5. The van der Waals surface area contributed by atoms with Gasteiger partial charge in [0.1, 0.15) is 23.8 Å². The molecule has 0 fully saturated rings. The number of carbonyl (C=O) groups is 1. The second-order valence-electron chi connectivity index (χ2n) is 8.29. The van der Waals surface area contributed by atoms with Crippen molar-refractivity contribution in [2.75, 3.05) is 18.2 Å². The van der Waals surface area contributed by atoms with Crippen molar-refractivity contribution in [2.45, 2.75) is 39.5 Å². The van der Waals surface area contributed by atoms with E-state index in [1.54, 1.807) is 18.2 Å². The molecule has 8 heteroatoms. The average Bonchev–Trinajstić information content (AvgIpc) is 3.24. The number of rotatable bonds is 9. The van der Waals surface area contributed by atoms with E-state index in [0.29, 0.717) is 29.2 Å². The molecule has 3 aromatic rings. The zero-order valence-electron chi connectivity index (χ0n) is 19.3. The van der Waals surface area contributed by atoms with Crippen LogP contribution in [0.15, 0.2) is 63.7 Å². The Morgan fingerprint density at radius 1 is 1.03 bits per heavy atom. The van der Waals surface area contributed by atoms with Gasteiger partial charge in [-0.05, 0) is 37.1 Å². The number of halogens is 1. The third kappa shape index (κ3) is 5.06. The highest BCUT2D eigenvalue weighted by Crippen LogP contribution is 2.34. The Morgan fingerprint density at radius 2 is 1.82 bits per heavy atom. The molecule has 0 atom stereocenters. The molecule has 7 nitrogen and oxygen atoms in total. The molecule has 1 amide bonds. The smallest absolute Gasteiger partial charge is 0.275 e. The quantitative estimate of drug-likeness (QED) is 0.406. The summed E-state index contributed by atoms with van der Waals surface area (Å²) in [5.41, 5.74) is 2.23. The predicted molar refractivity (Wildman–Crippen MR) is 129 cm³/mol. The zero-order valence-corrected chi connectivity index (χ0v) is 19.3. The number of unbranched alkanes of at least 4 members (excludes halogenated alkanes) is 3. The van der Waals surface area contributed by atoms with Gasteiger partial charge in [-0.25, -0.2) is 4.39 Å². The topological polar surface area (TPSA) is 87.1 Å². The minimum Gasteiger partial charge on any atom is -0.493 e. The summed E-state index contributed by atoms with van der Waals surface area (Å²) in [5.74, 6) is -0.474. The highest BCUT2D eigenvalue weighted by molar-refractivity contribution is 5.99. The highest BCUT2D eigenvalue weighted by atomic mass is 19.1. The first kappa shape index (κ1) is 23.4. The highest BCUT2D eigenvalue weighted by Gasteiger charge is 2.27. The number of hydrogen-bond acceptors (Lipinski definition) is 5. The van der Waals surface area contributed by atoms with E-state index in [-0.39, 0.29) is 17.8 Å². The van der Waals surface area contributed by atoms with Gasteiger partial charge >= 0.3 is 0 Å². The van der Waals surface area contributed by atoms with Gasteiger partial charge in [0.15, 0.2) is 0 Å². The fourth-order valence-electron chi connectivity index (χ4n) is 3.83. The molecule has 4 rings (SSSR count). The Bertz CT molecular complexity index is 1270. The van der Waals surface area contributed by atoms with Crippen LogP contribution in [0.25, 0.3) is 22.4 Å². The van der Waals surface area contributed by atoms with E-state index < -0.39 is 17.3 Å². The van der Waals surface area contributed by atoms with Crippen LogP contribution < -0.4 is 15.3 Å². The normalized spacial score (nSPS) is 13.0. The second-order valence-corrected chi connectivity index (χ2v) is 8.29. The van der Waals surface area contributed by atoms with Crippen molar-refractivity contribution >= 4 is 11.6 Å². The lowest BCUT2D eigenvalue weighted by atomic mass is 10.00. The van der Waals surface area contributed by atoms with E-state index in [9.17, 15) is 9.59 Å². The van der Waals surface area contributed by atoms with E-state index in [4.69, 9.17) is 4.74 Å². The van der Waals surface area contributed by atoms with Crippen molar-refractivity contribution in [1.29, 1.82) is 0 Å². The molecule has 0 aliphatic carbocycles. The Kier molecular flexibility index (Phi) is 7.15. The van der Waals surface area contributed by atoms with E-state index in [1.165, 1.54) is 6.07 Å². The summed E-state index contributed by atoms with van der Waals surface area (Å²) >= 11 is 0. The summed E-state index contributed by atoms with van der Waals surface area (Å²) in [7, 11) is 0. The predicted octanol–water partition coefficient (Wildman–Crippen LogP) is 5.83. The van der Waals surface area contributed by atoms with Crippen LogP contribution in [-0.4, -0.2) is 24.0 Å². The second kappa shape index (κ2) is 10.4. The minimum atomic E-state index is -0.557. The number of hydrogen-bond donors (Lipinski definition) is 1. The number of pyridine rings is 1. The van der Waals surface area contributed by atoms with Crippen molar-refractivity contribution in [3.8, 4) is 28.1 Å². The van der Waals surface area contributed by atoms with Crippen LogP contribution in [0.5, 0.6) is 5.75 Å². The molecule has 1 aliphatic rings. The fraction of sp³-hybridized carbons (Fsp3) is 0.308. The molecule has 2 heterocycles. The number of ether oxygens (including phenoxy) is 1. The van der Waals surface area contributed by atoms with Gasteiger partial charge in [0.25, 0.3) is 11.5 Å². The van der Waals surface area contributed by atoms with Crippen molar-refractivity contribution in [2.24, 2.45) is 10.3 Å². The van der Waals surface area contributed by atoms with E-state index in [2.05, 4.69) is 22.2 Å². The van der Waals surface area contributed by atoms with Crippen LogP contribution in [-0.2, 0) is 4.79 Å². The molecule has 1 N–H and O–H groups in total. The van der Waals surface area contributed by atoms with Crippen LogP contribution in [0, 0.1) is 12.7 Å². The molecule has 1 aromatic heterocycles. The summed E-state index contributed by atoms with van der Waals surface area (Å²) in [6.07, 6.45) is 4.28. The van der Waals surface area contributed by atoms with Crippen LogP contribution >= 0.6 is 0 Å². The SMILES string of the molecule is CCCCCCOc1ccc(-c2cc(-c3ccc(C)cc3)c(N3N=NCC3=O)c(=O)[nH]2)c(F)c1. The maximum Gasteiger partial charge on any atom is 0.275 e. The molecule has 0 saturated heterocycles. The van der Waals surface area contributed by atoms with Crippen molar-refractivity contribution in [3.63, 3.8) is 0 Å². The molecular formula is C26H27FN4O3. The van der Waals surface area contributed by atoms with Crippen LogP contribution in [0.3, 0.4) is 0 Å². The summed E-state index contributed by atoms with van der Waals surface area (Å²) < 4.78 is 20.7. The average molecular weight is 463 g/mol. The number of aromatic nitrogens is 1. The number of nitrogens with zero attached hydrogens (tertiary/aromatic N) is 3. The Morgan fingerprint density at radius 3 is 2.50 bits per heavy atom. The van der Waals surface area contributed by atoms with Crippen LogP contribution in [0.4, 0.5) is 10.1 Å². The molecule has 176 valence electrons. The Labute approximate surface area is 197 Å². The number of aromatic amines is 1. The van der Waals surface area contributed by atoms with E-state index >= 15 is 4.39 Å². The van der Waals surface area contributed by atoms with Crippen LogP contribution in [0.2, 0.25) is 0 Å². The monoisotopic (exact) mass is 462 g/mol. The lowest BCUT2D eigenvalue weighted by Crippen LogP contribution is -2.29. The number of H-pyrrole nitrogens is 1. The van der Waals surface area contributed by atoms with Gasteiger partial charge in [0, 0.05) is 17.2 Å². The molecule has 0 unspecified atom stereocenters. The molecular weight excluding hydrogens is 435 g/mol. The van der Waals surface area contributed by atoms with Gasteiger partial charge in [-0.3, -0.25) is 9.59 Å². The third-order valence-electron chi connectivity index (χ3n) is 5.67. The molecule has 2 aromatic carbocycles. The molecule has 1 aliphatic heterocycles. The minimum absolute atomic E-state index is 0.0614. The van der Waals surface area contributed by atoms with Gasteiger partial charge in [-0.2, -0.15) is 10.1 Å². The van der Waals surface area contributed by atoms with E-state index in [0.717, 1.165) is 36.3 Å². The maximum atomic E-state index is 15.0. The Hall–Kier alpha value is -3.81. The van der Waals surface area contributed by atoms with Gasteiger partial charge in [-0.15, -0.1) is 0 Å². The maximum absolute atomic E-state index is 15.0. The molecule has 0 radical (unpaired) electrons. The number of anilines is 1. The van der Waals surface area contributed by atoms with Gasteiger partial charge in [0.05, 0.1) is 12.3 Å². The molecule has 0 bridgehead atoms. The largest absolute Gasteiger partial charge is 0.493 e. The summed E-state index contributed by atoms with van der Waals surface area (Å²) in [5, 5.41) is 8.56. The van der Waals surface area contributed by atoms with Gasteiger partial charge in [-0.1, -0.05) is 61.2 Å².